The quantitative estimate of drug-likeness (QED) is 0.566. The lowest BCUT2D eigenvalue weighted by molar-refractivity contribution is -0.908. The number of ether oxygens (including phenoxy) is 1. The summed E-state index contributed by atoms with van der Waals surface area (Å²) in [5.41, 5.74) is 1.27. The molecule has 2 aliphatic heterocycles. The highest BCUT2D eigenvalue weighted by atomic mass is 32.2. The zero-order valence-corrected chi connectivity index (χ0v) is 18.1. The highest BCUT2D eigenvalue weighted by Crippen LogP contribution is 2.18. The number of morpholine rings is 1. The fourth-order valence-electron chi connectivity index (χ4n) is 3.94. The number of nitrogens with one attached hydrogen (secondary N) is 2. The molecule has 6 nitrogen and oxygen atoms in total. The first-order chi connectivity index (χ1) is 13.5. The predicted octanol–water partition coefficient (Wildman–Crippen LogP) is -0.102. The third-order valence-corrected chi connectivity index (χ3v) is 7.70. The molecule has 0 saturated carbocycles. The van der Waals surface area contributed by atoms with Gasteiger partial charge in [0.15, 0.2) is 14.9 Å². The summed E-state index contributed by atoms with van der Waals surface area (Å²) in [5.74, 6) is 0.493. The number of nitrogens with zero attached hydrogens (tertiary/aromatic N) is 1. The molecule has 156 valence electrons. The Bertz CT molecular complexity index is 721. The van der Waals surface area contributed by atoms with E-state index in [9.17, 15) is 8.42 Å². The Balaban J connectivity index is 1.51. The number of hydrogen-bond donors (Lipinski definition) is 2. The van der Waals surface area contributed by atoms with Gasteiger partial charge in [-0.1, -0.05) is 30.3 Å². The Morgan fingerprint density at radius 1 is 1.25 bits per heavy atom. The molecular weight excluding hydrogens is 394 g/mol. The molecule has 1 atom stereocenters. The summed E-state index contributed by atoms with van der Waals surface area (Å²) in [6.45, 7) is 6.41. The summed E-state index contributed by atoms with van der Waals surface area (Å²) in [6.07, 6.45) is 2.58. The maximum atomic E-state index is 12.0. The summed E-state index contributed by atoms with van der Waals surface area (Å²) >= 11 is 5.67. The molecule has 0 radical (unpaired) electrons. The van der Waals surface area contributed by atoms with Crippen LogP contribution in [-0.4, -0.2) is 81.9 Å². The molecule has 0 amide bonds. The van der Waals surface area contributed by atoms with Crippen molar-refractivity contribution in [3.8, 4) is 0 Å². The number of benzene rings is 1. The molecule has 2 N–H and O–H groups in total. The molecule has 3 rings (SSSR count). The third-order valence-electron chi connectivity index (χ3n) is 5.57. The number of rotatable bonds is 8. The minimum Gasteiger partial charge on any atom is -0.370 e. The van der Waals surface area contributed by atoms with Crippen molar-refractivity contribution in [2.75, 3.05) is 57.4 Å². The second-order valence-electron chi connectivity index (χ2n) is 7.68. The molecule has 8 heteroatoms. The molecule has 2 heterocycles. The van der Waals surface area contributed by atoms with E-state index in [0.29, 0.717) is 11.5 Å². The van der Waals surface area contributed by atoms with Crippen molar-refractivity contribution in [2.45, 2.75) is 25.3 Å². The van der Waals surface area contributed by atoms with Gasteiger partial charge in [0.05, 0.1) is 31.3 Å². The zero-order valence-electron chi connectivity index (χ0n) is 16.4. The maximum Gasteiger partial charge on any atom is 0.169 e. The van der Waals surface area contributed by atoms with Crippen molar-refractivity contribution in [3.05, 3.63) is 35.9 Å². The standard InChI is InChI=1S/C20H31N3O3S2/c24-28(25)16-8-19(17-28)23(11-4-10-22-12-14-26-15-13-22)20(27)21-9-7-18-5-2-1-3-6-18/h1-3,5-6,19H,4,7-17H2,(H,21,27)/p+1/t19-/m0/s1. The van der Waals surface area contributed by atoms with Gasteiger partial charge in [0.25, 0.3) is 0 Å². The van der Waals surface area contributed by atoms with Gasteiger partial charge in [0.1, 0.15) is 13.1 Å². The van der Waals surface area contributed by atoms with Crippen molar-refractivity contribution in [1.29, 1.82) is 0 Å². The van der Waals surface area contributed by atoms with E-state index in [1.807, 2.05) is 18.2 Å². The molecule has 1 aromatic carbocycles. The van der Waals surface area contributed by atoms with Crippen molar-refractivity contribution >= 4 is 27.2 Å². The summed E-state index contributed by atoms with van der Waals surface area (Å²) in [7, 11) is -2.93. The minimum absolute atomic E-state index is 0.00131. The Hall–Kier alpha value is -1.22. The van der Waals surface area contributed by atoms with E-state index >= 15 is 0 Å². The van der Waals surface area contributed by atoms with Crippen LogP contribution in [0.2, 0.25) is 0 Å². The summed E-state index contributed by atoms with van der Waals surface area (Å²) in [4.78, 5) is 3.69. The largest absolute Gasteiger partial charge is 0.370 e. The van der Waals surface area contributed by atoms with Crippen molar-refractivity contribution in [2.24, 2.45) is 0 Å². The summed E-state index contributed by atoms with van der Waals surface area (Å²) in [6, 6.07) is 10.3. The first-order valence-electron chi connectivity index (χ1n) is 10.2. The van der Waals surface area contributed by atoms with E-state index in [1.54, 1.807) is 4.90 Å². The average molecular weight is 427 g/mol. The molecule has 2 saturated heterocycles. The van der Waals surface area contributed by atoms with Gasteiger partial charge in [-0.05, 0) is 30.6 Å². The van der Waals surface area contributed by atoms with Crippen LogP contribution in [0.5, 0.6) is 0 Å². The van der Waals surface area contributed by atoms with Crippen molar-refractivity contribution in [1.82, 2.24) is 10.2 Å². The van der Waals surface area contributed by atoms with E-state index < -0.39 is 9.84 Å². The number of quaternary nitrogens is 1. The topological polar surface area (TPSA) is 63.1 Å². The van der Waals surface area contributed by atoms with Gasteiger partial charge in [-0.2, -0.15) is 0 Å². The molecule has 0 unspecified atom stereocenters. The van der Waals surface area contributed by atoms with Gasteiger partial charge in [0, 0.05) is 25.6 Å². The van der Waals surface area contributed by atoms with E-state index in [4.69, 9.17) is 17.0 Å². The predicted molar refractivity (Wildman–Crippen MR) is 116 cm³/mol. The lowest BCUT2D eigenvalue weighted by Gasteiger charge is -2.32. The summed E-state index contributed by atoms with van der Waals surface area (Å²) < 4.78 is 29.4. The molecule has 0 bridgehead atoms. The SMILES string of the molecule is O=S1(=O)CC[C@H](N(CCC[NH+]2CCOCC2)C(=S)NCCc2ccccc2)C1. The van der Waals surface area contributed by atoms with Crippen LogP contribution >= 0.6 is 12.2 Å². The molecule has 0 spiro atoms. The van der Waals surface area contributed by atoms with Crippen LogP contribution in [0.3, 0.4) is 0 Å². The molecule has 2 fully saturated rings. The molecule has 0 aliphatic carbocycles. The third kappa shape index (κ3) is 6.69. The molecular formula is C20H32N3O3S2+. The van der Waals surface area contributed by atoms with Crippen LogP contribution in [0.15, 0.2) is 30.3 Å². The lowest BCUT2D eigenvalue weighted by atomic mass is 10.1. The van der Waals surface area contributed by atoms with Gasteiger partial charge in [-0.25, -0.2) is 8.42 Å². The minimum atomic E-state index is -2.93. The van der Waals surface area contributed by atoms with Crippen LogP contribution in [0.1, 0.15) is 18.4 Å². The Morgan fingerprint density at radius 3 is 2.68 bits per heavy atom. The van der Waals surface area contributed by atoms with Gasteiger partial charge in [0.2, 0.25) is 0 Å². The number of hydrogen-bond acceptors (Lipinski definition) is 4. The highest BCUT2D eigenvalue weighted by molar-refractivity contribution is 7.91. The van der Waals surface area contributed by atoms with Gasteiger partial charge in [-0.3, -0.25) is 0 Å². The van der Waals surface area contributed by atoms with E-state index in [1.165, 1.54) is 5.56 Å². The Kier molecular flexibility index (Phi) is 8.08. The second-order valence-corrected chi connectivity index (χ2v) is 10.3. The van der Waals surface area contributed by atoms with Crippen LogP contribution in [-0.2, 0) is 21.0 Å². The van der Waals surface area contributed by atoms with Crippen molar-refractivity contribution in [3.63, 3.8) is 0 Å². The van der Waals surface area contributed by atoms with Crippen LogP contribution in [0.4, 0.5) is 0 Å². The fourth-order valence-corrected chi connectivity index (χ4v) is 6.01. The van der Waals surface area contributed by atoms with E-state index in [2.05, 4.69) is 22.3 Å². The van der Waals surface area contributed by atoms with E-state index in [-0.39, 0.29) is 17.5 Å². The molecule has 0 aromatic heterocycles. The maximum absolute atomic E-state index is 12.0. The zero-order chi connectivity index (χ0) is 19.8. The first-order valence-corrected chi connectivity index (χ1v) is 12.5. The van der Waals surface area contributed by atoms with E-state index in [0.717, 1.165) is 58.8 Å². The fraction of sp³-hybridized carbons (Fsp3) is 0.650. The number of sulfone groups is 1. The molecule has 28 heavy (non-hydrogen) atoms. The monoisotopic (exact) mass is 426 g/mol. The number of thiocarbonyl (C=S) groups is 1. The smallest absolute Gasteiger partial charge is 0.169 e. The van der Waals surface area contributed by atoms with Crippen molar-refractivity contribution < 1.29 is 18.1 Å². The van der Waals surface area contributed by atoms with Crippen LogP contribution < -0.4 is 10.2 Å². The van der Waals surface area contributed by atoms with Crippen LogP contribution in [0.25, 0.3) is 0 Å². The molecule has 2 aliphatic rings. The highest BCUT2D eigenvalue weighted by Gasteiger charge is 2.33. The first kappa shape index (κ1) is 21.5. The van der Waals surface area contributed by atoms with Crippen LogP contribution in [0, 0.1) is 0 Å². The average Bonchev–Trinajstić information content (AvgIpc) is 3.06. The molecule has 1 aromatic rings. The second kappa shape index (κ2) is 10.5. The summed E-state index contributed by atoms with van der Waals surface area (Å²) in [5, 5.41) is 4.05. The van der Waals surface area contributed by atoms with Gasteiger partial charge in [-0.15, -0.1) is 0 Å². The normalized spacial score (nSPS) is 22.1. The van der Waals surface area contributed by atoms with Gasteiger partial charge < -0.3 is 19.9 Å². The lowest BCUT2D eigenvalue weighted by Crippen LogP contribution is -3.14. The Labute approximate surface area is 174 Å². The van der Waals surface area contributed by atoms with Gasteiger partial charge >= 0.3 is 0 Å². The Morgan fingerprint density at radius 2 is 2.00 bits per heavy atom.